The molecule has 0 aliphatic heterocycles. The summed E-state index contributed by atoms with van der Waals surface area (Å²) in [6.07, 6.45) is 2.09. The molecule has 1 atom stereocenters. The van der Waals surface area contributed by atoms with Crippen LogP contribution in [0.1, 0.15) is 24.8 Å². The van der Waals surface area contributed by atoms with Crippen LogP contribution in [0.3, 0.4) is 0 Å². The Morgan fingerprint density at radius 1 is 1.41 bits per heavy atom. The van der Waals surface area contributed by atoms with Crippen LogP contribution in [-0.2, 0) is 9.53 Å². The molecular formula is C14H18O3. The van der Waals surface area contributed by atoms with Crippen molar-refractivity contribution in [3.63, 3.8) is 0 Å². The molecule has 0 radical (unpaired) electrons. The summed E-state index contributed by atoms with van der Waals surface area (Å²) >= 11 is 0. The van der Waals surface area contributed by atoms with Crippen molar-refractivity contribution in [2.75, 3.05) is 13.7 Å². The summed E-state index contributed by atoms with van der Waals surface area (Å²) in [5.41, 5.74) is 1.04. The Bertz CT molecular complexity index is 368. The lowest BCUT2D eigenvalue weighted by molar-refractivity contribution is -0.143. The standard InChI is InChI=1S/C14H18O3/c1-4-11(10-14(15)17-5-2)12-6-8-13(16-3)9-7-12/h4,6-9,11H,1,5,10H2,2-3H3. The highest BCUT2D eigenvalue weighted by molar-refractivity contribution is 5.71. The zero-order chi connectivity index (χ0) is 12.7. The predicted molar refractivity (Wildman–Crippen MR) is 67.2 cm³/mol. The van der Waals surface area contributed by atoms with Crippen LogP contribution in [0.25, 0.3) is 0 Å². The third-order valence-electron chi connectivity index (χ3n) is 2.52. The molecule has 3 nitrogen and oxygen atoms in total. The van der Waals surface area contributed by atoms with Crippen LogP contribution in [0.4, 0.5) is 0 Å². The van der Waals surface area contributed by atoms with E-state index in [0.29, 0.717) is 13.0 Å². The largest absolute Gasteiger partial charge is 0.497 e. The van der Waals surface area contributed by atoms with Crippen LogP contribution in [0, 0.1) is 0 Å². The molecule has 17 heavy (non-hydrogen) atoms. The number of rotatable bonds is 6. The second kappa shape index (κ2) is 6.74. The Morgan fingerprint density at radius 3 is 2.53 bits per heavy atom. The molecule has 0 aliphatic carbocycles. The van der Waals surface area contributed by atoms with Crippen molar-refractivity contribution in [1.82, 2.24) is 0 Å². The van der Waals surface area contributed by atoms with Gasteiger partial charge in [-0.2, -0.15) is 0 Å². The molecule has 0 aromatic heterocycles. The third kappa shape index (κ3) is 3.94. The van der Waals surface area contributed by atoms with E-state index in [0.717, 1.165) is 11.3 Å². The maximum atomic E-state index is 11.4. The molecule has 0 spiro atoms. The number of benzene rings is 1. The molecule has 0 N–H and O–H groups in total. The molecule has 0 aliphatic rings. The summed E-state index contributed by atoms with van der Waals surface area (Å²) in [5, 5.41) is 0. The minimum absolute atomic E-state index is 0.0139. The van der Waals surface area contributed by atoms with E-state index in [1.54, 1.807) is 20.1 Å². The number of ether oxygens (including phenoxy) is 2. The first-order chi connectivity index (χ1) is 8.21. The molecule has 0 saturated carbocycles. The molecule has 0 saturated heterocycles. The molecule has 0 fully saturated rings. The van der Waals surface area contributed by atoms with Crippen molar-refractivity contribution in [2.45, 2.75) is 19.3 Å². The van der Waals surface area contributed by atoms with Crippen molar-refractivity contribution in [3.8, 4) is 5.75 Å². The maximum absolute atomic E-state index is 11.4. The van der Waals surface area contributed by atoms with Crippen molar-refractivity contribution < 1.29 is 14.3 Å². The third-order valence-corrected chi connectivity index (χ3v) is 2.52. The number of methoxy groups -OCH3 is 1. The van der Waals surface area contributed by atoms with Crippen LogP contribution in [0.15, 0.2) is 36.9 Å². The summed E-state index contributed by atoms with van der Waals surface area (Å²) in [4.78, 5) is 11.4. The summed E-state index contributed by atoms with van der Waals surface area (Å²) < 4.78 is 10.0. The molecular weight excluding hydrogens is 216 g/mol. The highest BCUT2D eigenvalue weighted by Crippen LogP contribution is 2.23. The van der Waals surface area contributed by atoms with Gasteiger partial charge in [0.15, 0.2) is 0 Å². The second-order valence-corrected chi connectivity index (χ2v) is 3.62. The van der Waals surface area contributed by atoms with E-state index in [-0.39, 0.29) is 11.9 Å². The normalized spacial score (nSPS) is 11.6. The van der Waals surface area contributed by atoms with Gasteiger partial charge < -0.3 is 9.47 Å². The lowest BCUT2D eigenvalue weighted by Gasteiger charge is -2.12. The first-order valence-electron chi connectivity index (χ1n) is 5.63. The van der Waals surface area contributed by atoms with Gasteiger partial charge in [0.05, 0.1) is 20.1 Å². The SMILES string of the molecule is C=CC(CC(=O)OCC)c1ccc(OC)cc1. The first kappa shape index (κ1) is 13.3. The minimum atomic E-state index is -0.201. The molecule has 1 aromatic carbocycles. The smallest absolute Gasteiger partial charge is 0.306 e. The number of carbonyl (C=O) groups excluding carboxylic acids is 1. The average Bonchev–Trinajstić information content (AvgIpc) is 2.36. The van der Waals surface area contributed by atoms with E-state index in [1.165, 1.54) is 0 Å². The molecule has 0 bridgehead atoms. The fraction of sp³-hybridized carbons (Fsp3) is 0.357. The quantitative estimate of drug-likeness (QED) is 0.561. The van der Waals surface area contributed by atoms with Crippen molar-refractivity contribution in [1.29, 1.82) is 0 Å². The number of hydrogen-bond acceptors (Lipinski definition) is 3. The van der Waals surface area contributed by atoms with Crippen LogP contribution >= 0.6 is 0 Å². The van der Waals surface area contributed by atoms with E-state index in [2.05, 4.69) is 6.58 Å². The summed E-state index contributed by atoms with van der Waals surface area (Å²) in [5.74, 6) is 0.584. The highest BCUT2D eigenvalue weighted by Gasteiger charge is 2.13. The van der Waals surface area contributed by atoms with E-state index >= 15 is 0 Å². The molecule has 1 rings (SSSR count). The van der Waals surface area contributed by atoms with E-state index in [1.807, 2.05) is 24.3 Å². The number of allylic oxidation sites excluding steroid dienone is 1. The van der Waals surface area contributed by atoms with Crippen LogP contribution < -0.4 is 4.74 Å². The van der Waals surface area contributed by atoms with Gasteiger partial charge in [-0.15, -0.1) is 6.58 Å². The Morgan fingerprint density at radius 2 is 2.06 bits per heavy atom. The van der Waals surface area contributed by atoms with Crippen LogP contribution in [0.5, 0.6) is 5.75 Å². The van der Waals surface area contributed by atoms with Crippen molar-refractivity contribution in [2.24, 2.45) is 0 Å². The fourth-order valence-electron chi connectivity index (χ4n) is 1.59. The van der Waals surface area contributed by atoms with Crippen LogP contribution in [0.2, 0.25) is 0 Å². The van der Waals surface area contributed by atoms with Gasteiger partial charge >= 0.3 is 5.97 Å². The Hall–Kier alpha value is -1.77. The molecule has 3 heteroatoms. The Balaban J connectivity index is 2.72. The second-order valence-electron chi connectivity index (χ2n) is 3.62. The van der Waals surface area contributed by atoms with E-state index < -0.39 is 0 Å². The number of esters is 1. The number of hydrogen-bond donors (Lipinski definition) is 0. The van der Waals surface area contributed by atoms with Gasteiger partial charge in [-0.3, -0.25) is 4.79 Å². The summed E-state index contributed by atoms with van der Waals surface area (Å²) in [6.45, 7) is 5.96. The van der Waals surface area contributed by atoms with Crippen molar-refractivity contribution >= 4 is 5.97 Å². The molecule has 0 amide bonds. The van der Waals surface area contributed by atoms with Gasteiger partial charge in [0, 0.05) is 5.92 Å². The molecule has 1 aromatic rings. The fourth-order valence-corrected chi connectivity index (χ4v) is 1.59. The van der Waals surface area contributed by atoms with Crippen molar-refractivity contribution in [3.05, 3.63) is 42.5 Å². The topological polar surface area (TPSA) is 35.5 Å². The van der Waals surface area contributed by atoms with Crippen LogP contribution in [-0.4, -0.2) is 19.7 Å². The maximum Gasteiger partial charge on any atom is 0.306 e. The molecule has 1 unspecified atom stereocenters. The lowest BCUT2D eigenvalue weighted by Crippen LogP contribution is -2.08. The lowest BCUT2D eigenvalue weighted by atomic mass is 9.96. The first-order valence-corrected chi connectivity index (χ1v) is 5.63. The Kier molecular flexibility index (Phi) is 5.27. The summed E-state index contributed by atoms with van der Waals surface area (Å²) in [7, 11) is 1.62. The number of carbonyl (C=O) groups is 1. The van der Waals surface area contributed by atoms with Gasteiger partial charge in [-0.1, -0.05) is 18.2 Å². The monoisotopic (exact) mass is 234 g/mol. The molecule has 92 valence electrons. The van der Waals surface area contributed by atoms with Gasteiger partial charge in [-0.05, 0) is 24.6 Å². The zero-order valence-corrected chi connectivity index (χ0v) is 10.3. The zero-order valence-electron chi connectivity index (χ0n) is 10.3. The van der Waals surface area contributed by atoms with Gasteiger partial charge in [0.2, 0.25) is 0 Å². The highest BCUT2D eigenvalue weighted by atomic mass is 16.5. The van der Waals surface area contributed by atoms with E-state index in [9.17, 15) is 4.79 Å². The predicted octanol–water partition coefficient (Wildman–Crippen LogP) is 2.92. The molecule has 0 heterocycles. The minimum Gasteiger partial charge on any atom is -0.497 e. The summed E-state index contributed by atoms with van der Waals surface area (Å²) in [6, 6.07) is 7.61. The average molecular weight is 234 g/mol. The van der Waals surface area contributed by atoms with Gasteiger partial charge in [0.1, 0.15) is 5.75 Å². The van der Waals surface area contributed by atoms with E-state index in [4.69, 9.17) is 9.47 Å². The van der Waals surface area contributed by atoms with Gasteiger partial charge in [-0.25, -0.2) is 0 Å². The van der Waals surface area contributed by atoms with Gasteiger partial charge in [0.25, 0.3) is 0 Å². The Labute approximate surface area is 102 Å².